The Bertz CT molecular complexity index is 640. The molecule has 0 amide bonds. The number of carbonyl (C=O) groups excluding carboxylic acids is 1. The predicted molar refractivity (Wildman–Crippen MR) is 134 cm³/mol. The predicted octanol–water partition coefficient (Wildman–Crippen LogP) is 8.12. The molecule has 2 bridgehead atoms. The molecule has 2 atom stereocenters. The molecule has 0 aromatic carbocycles. The van der Waals surface area contributed by atoms with Gasteiger partial charge in [0.2, 0.25) is 8.32 Å². The van der Waals surface area contributed by atoms with Crippen molar-refractivity contribution in [2.45, 2.75) is 129 Å². The van der Waals surface area contributed by atoms with Crippen LogP contribution in [0.25, 0.3) is 0 Å². The minimum Gasteiger partial charge on any atom is -0.497 e. The molecular formula is C27H48O3Si. The number of allylic oxidation sites excluding steroid dienone is 2. The molecule has 0 radical (unpaired) electrons. The summed E-state index contributed by atoms with van der Waals surface area (Å²) in [5.41, 5.74) is 1.88. The van der Waals surface area contributed by atoms with Gasteiger partial charge in [0.25, 0.3) is 0 Å². The molecule has 1 fully saturated rings. The lowest BCUT2D eigenvalue weighted by Crippen LogP contribution is -2.51. The Morgan fingerprint density at radius 2 is 1.42 bits per heavy atom. The fraction of sp³-hybridized carbons (Fsp3) is 0.815. The van der Waals surface area contributed by atoms with Crippen LogP contribution >= 0.6 is 0 Å². The lowest BCUT2D eigenvalue weighted by Gasteiger charge is -2.46. The first-order chi connectivity index (χ1) is 14.6. The van der Waals surface area contributed by atoms with Crippen LogP contribution in [-0.2, 0) is 14.0 Å². The van der Waals surface area contributed by atoms with E-state index in [9.17, 15) is 4.79 Å². The van der Waals surface area contributed by atoms with Gasteiger partial charge in [0.1, 0.15) is 5.76 Å². The summed E-state index contributed by atoms with van der Waals surface area (Å²) < 4.78 is 13.0. The molecular weight excluding hydrogens is 400 g/mol. The Labute approximate surface area is 193 Å². The maximum absolute atomic E-state index is 13.9. The number of hydrogen-bond donors (Lipinski definition) is 0. The van der Waals surface area contributed by atoms with E-state index in [2.05, 4.69) is 54.5 Å². The van der Waals surface area contributed by atoms with Gasteiger partial charge in [0, 0.05) is 5.57 Å². The maximum Gasteiger partial charge on any atom is 0.201 e. The molecule has 0 aromatic rings. The number of fused-ring (bicyclic) bond motifs is 2. The van der Waals surface area contributed by atoms with Gasteiger partial charge in [0.15, 0.2) is 5.78 Å². The molecule has 2 rings (SSSR count). The monoisotopic (exact) mass is 448 g/mol. The van der Waals surface area contributed by atoms with Crippen LogP contribution < -0.4 is 0 Å². The summed E-state index contributed by atoms with van der Waals surface area (Å²) in [5.74, 6) is 1.09. The van der Waals surface area contributed by atoms with E-state index in [4.69, 9.17) is 9.16 Å². The van der Waals surface area contributed by atoms with Crippen molar-refractivity contribution in [3.8, 4) is 0 Å². The molecule has 0 heterocycles. The second-order valence-corrected chi connectivity index (χ2v) is 16.4. The number of hydrogen-bond acceptors (Lipinski definition) is 3. The first kappa shape index (κ1) is 26.4. The van der Waals surface area contributed by atoms with E-state index >= 15 is 0 Å². The van der Waals surface area contributed by atoms with Gasteiger partial charge >= 0.3 is 0 Å². The van der Waals surface area contributed by atoms with Crippen molar-refractivity contribution in [3.63, 3.8) is 0 Å². The van der Waals surface area contributed by atoms with Gasteiger partial charge in [-0.1, -0.05) is 86.5 Å². The first-order valence-electron chi connectivity index (χ1n) is 12.8. The third kappa shape index (κ3) is 5.93. The van der Waals surface area contributed by atoms with E-state index < -0.39 is 13.7 Å². The fourth-order valence-corrected chi connectivity index (χ4v) is 11.7. The van der Waals surface area contributed by atoms with E-state index in [-0.39, 0.29) is 11.9 Å². The van der Waals surface area contributed by atoms with Gasteiger partial charge in [-0.25, -0.2) is 0 Å². The maximum atomic E-state index is 13.9. The quantitative estimate of drug-likeness (QED) is 0.385. The van der Waals surface area contributed by atoms with Gasteiger partial charge in [-0.2, -0.15) is 0 Å². The van der Waals surface area contributed by atoms with Crippen LogP contribution in [0.3, 0.4) is 0 Å². The number of rotatable bonds is 6. The second kappa shape index (κ2) is 11.3. The molecule has 1 saturated carbocycles. The summed E-state index contributed by atoms with van der Waals surface area (Å²) in [6.45, 7) is 16.1. The fourth-order valence-electron chi connectivity index (χ4n) is 6.15. The molecule has 2 aliphatic carbocycles. The van der Waals surface area contributed by atoms with Crippen LogP contribution in [0.1, 0.15) is 106 Å². The smallest absolute Gasteiger partial charge is 0.201 e. The molecule has 178 valence electrons. The summed E-state index contributed by atoms with van der Waals surface area (Å²) in [5, 5.41) is 0. The number of Topliss-reactive ketones (excluding diaryl/α,β-unsaturated/α-hetero) is 1. The molecule has 2 aliphatic rings. The van der Waals surface area contributed by atoms with Crippen LogP contribution in [0.15, 0.2) is 23.5 Å². The number of ether oxygens (including phenoxy) is 1. The molecule has 0 aromatic heterocycles. The lowest BCUT2D eigenvalue weighted by atomic mass is 9.73. The highest BCUT2D eigenvalue weighted by Gasteiger charge is 2.48. The molecule has 4 heteroatoms. The molecule has 31 heavy (non-hydrogen) atoms. The molecule has 0 N–H and O–H groups in total. The van der Waals surface area contributed by atoms with Gasteiger partial charge in [-0.3, -0.25) is 4.79 Å². The van der Waals surface area contributed by atoms with E-state index in [1.54, 1.807) is 7.11 Å². The topological polar surface area (TPSA) is 35.5 Å². The van der Waals surface area contributed by atoms with Gasteiger partial charge in [-0.15, -0.1) is 0 Å². The van der Waals surface area contributed by atoms with Crippen molar-refractivity contribution < 1.29 is 14.0 Å². The van der Waals surface area contributed by atoms with E-state index in [1.807, 2.05) is 6.08 Å². The third-order valence-corrected chi connectivity index (χ3v) is 13.9. The Hall–Kier alpha value is -0.873. The van der Waals surface area contributed by atoms with Crippen molar-refractivity contribution >= 4 is 14.1 Å². The van der Waals surface area contributed by atoms with Crippen molar-refractivity contribution in [1.82, 2.24) is 0 Å². The standard InChI is InChI=1S/C27H48O3Si/c1-20(2)31(21(3)4,22(5)6)30-25-16-14-12-10-9-11-13-15-17-27(7)19-23(29-8)18-24(25)26(27)28/h18-22,25H,9-17H2,1-8H3/t25-,27-/m1/s1. The van der Waals surface area contributed by atoms with Gasteiger partial charge < -0.3 is 9.16 Å². The highest BCUT2D eigenvalue weighted by molar-refractivity contribution is 6.77. The van der Waals surface area contributed by atoms with Crippen LogP contribution in [0, 0.1) is 5.41 Å². The van der Waals surface area contributed by atoms with Gasteiger partial charge in [0.05, 0.1) is 18.6 Å². The highest BCUT2D eigenvalue weighted by atomic mass is 28.4. The van der Waals surface area contributed by atoms with E-state index in [0.29, 0.717) is 16.6 Å². The summed E-state index contributed by atoms with van der Waals surface area (Å²) in [6, 6.07) is 0. The molecule has 0 unspecified atom stereocenters. The Balaban J connectivity index is 2.51. The van der Waals surface area contributed by atoms with Gasteiger partial charge in [-0.05, 0) is 48.5 Å². The SMILES string of the molecule is COC1=C[C@@]2(C)CCCCCCCCC[C@@H](O[Si](C(C)C)(C(C)C)C(C)C)C(=C1)C2=O. The zero-order valence-corrected chi connectivity index (χ0v) is 22.6. The van der Waals surface area contributed by atoms with Crippen LogP contribution in [0.5, 0.6) is 0 Å². The number of ketones is 1. The summed E-state index contributed by atoms with van der Waals surface area (Å²) in [6.07, 6.45) is 14.3. The molecule has 0 saturated heterocycles. The minimum absolute atomic E-state index is 0.120. The first-order valence-corrected chi connectivity index (χ1v) is 14.9. The third-order valence-electron chi connectivity index (χ3n) is 7.84. The Kier molecular flexibility index (Phi) is 9.63. The summed E-state index contributed by atoms with van der Waals surface area (Å²) >= 11 is 0. The summed E-state index contributed by atoms with van der Waals surface area (Å²) in [4.78, 5) is 13.9. The van der Waals surface area contributed by atoms with Crippen molar-refractivity contribution in [2.24, 2.45) is 5.41 Å². The molecule has 3 nitrogen and oxygen atoms in total. The van der Waals surface area contributed by atoms with Crippen molar-refractivity contribution in [2.75, 3.05) is 7.11 Å². The lowest BCUT2D eigenvalue weighted by molar-refractivity contribution is -0.123. The number of methoxy groups -OCH3 is 1. The Morgan fingerprint density at radius 1 is 0.903 bits per heavy atom. The highest BCUT2D eigenvalue weighted by Crippen LogP contribution is 2.46. The van der Waals surface area contributed by atoms with Crippen molar-refractivity contribution in [1.29, 1.82) is 0 Å². The number of carbonyl (C=O) groups is 1. The van der Waals surface area contributed by atoms with Crippen LogP contribution in [0.4, 0.5) is 0 Å². The Morgan fingerprint density at radius 3 is 1.94 bits per heavy atom. The molecule has 0 spiro atoms. The van der Waals surface area contributed by atoms with Crippen molar-refractivity contribution in [3.05, 3.63) is 23.5 Å². The summed E-state index contributed by atoms with van der Waals surface area (Å²) in [7, 11) is -0.393. The zero-order chi connectivity index (χ0) is 23.2. The van der Waals surface area contributed by atoms with E-state index in [1.165, 1.54) is 32.1 Å². The van der Waals surface area contributed by atoms with Crippen LogP contribution in [0.2, 0.25) is 16.6 Å². The second-order valence-electron chi connectivity index (χ2n) is 11.0. The molecule has 0 aliphatic heterocycles. The normalized spacial score (nSPS) is 26.8. The van der Waals surface area contributed by atoms with Crippen LogP contribution in [-0.4, -0.2) is 27.3 Å². The minimum atomic E-state index is -2.11. The average molecular weight is 449 g/mol. The van der Waals surface area contributed by atoms with E-state index in [0.717, 1.165) is 37.0 Å². The zero-order valence-electron chi connectivity index (χ0n) is 21.6. The average Bonchev–Trinajstić information content (AvgIpc) is 2.70. The largest absolute Gasteiger partial charge is 0.497 e.